The normalized spacial score (nSPS) is 10.3. The largest absolute Gasteiger partial charge is 0.497 e. The maximum Gasteiger partial charge on any atom is 0.190 e. The van der Waals surface area contributed by atoms with Crippen molar-refractivity contribution in [1.29, 1.82) is 0 Å². The molecule has 96 valence electrons. The van der Waals surface area contributed by atoms with Crippen LogP contribution in [0.5, 0.6) is 5.75 Å². The van der Waals surface area contributed by atoms with Crippen LogP contribution in [0.3, 0.4) is 0 Å². The van der Waals surface area contributed by atoms with Crippen LogP contribution in [-0.4, -0.2) is 25.4 Å². The summed E-state index contributed by atoms with van der Waals surface area (Å²) >= 11 is 0. The van der Waals surface area contributed by atoms with Crippen LogP contribution in [0.2, 0.25) is 0 Å². The van der Waals surface area contributed by atoms with Crippen molar-refractivity contribution in [3.05, 3.63) is 30.5 Å². The highest BCUT2D eigenvalue weighted by Crippen LogP contribution is 2.29. The van der Waals surface area contributed by atoms with E-state index in [1.165, 1.54) is 0 Å². The van der Waals surface area contributed by atoms with Crippen molar-refractivity contribution in [2.45, 2.75) is 6.42 Å². The van der Waals surface area contributed by atoms with Gasteiger partial charge >= 0.3 is 0 Å². The Bertz CT molecular complexity index is 496. The molecule has 2 aromatic rings. The quantitative estimate of drug-likeness (QED) is 0.765. The first-order chi connectivity index (χ1) is 8.85. The summed E-state index contributed by atoms with van der Waals surface area (Å²) in [5.41, 5.74) is 7.26. The number of rotatable bonds is 6. The topological polar surface area (TPSA) is 73.3 Å². The van der Waals surface area contributed by atoms with Crippen LogP contribution < -0.4 is 15.8 Å². The number of nitrogens with zero attached hydrogens (tertiary/aromatic N) is 1. The SMILES string of the molecule is COc1cccc(-c2oncc2NCCCN)c1. The molecule has 0 aliphatic rings. The summed E-state index contributed by atoms with van der Waals surface area (Å²) in [6.45, 7) is 1.46. The first-order valence-corrected chi connectivity index (χ1v) is 5.88. The molecular weight excluding hydrogens is 230 g/mol. The number of ether oxygens (including phenoxy) is 1. The molecule has 2 rings (SSSR count). The maximum absolute atomic E-state index is 5.46. The second-order valence-corrected chi connectivity index (χ2v) is 3.87. The number of methoxy groups -OCH3 is 1. The zero-order chi connectivity index (χ0) is 12.8. The number of hydrogen-bond acceptors (Lipinski definition) is 5. The lowest BCUT2D eigenvalue weighted by Crippen LogP contribution is -2.08. The molecule has 1 aromatic heterocycles. The molecule has 1 heterocycles. The lowest BCUT2D eigenvalue weighted by Gasteiger charge is -2.05. The predicted octanol–water partition coefficient (Wildman–Crippen LogP) is 2.11. The van der Waals surface area contributed by atoms with E-state index >= 15 is 0 Å². The highest BCUT2D eigenvalue weighted by atomic mass is 16.5. The summed E-state index contributed by atoms with van der Waals surface area (Å²) in [5, 5.41) is 7.08. The predicted molar refractivity (Wildman–Crippen MR) is 70.7 cm³/mol. The van der Waals surface area contributed by atoms with Gasteiger partial charge in [0.1, 0.15) is 11.4 Å². The Kier molecular flexibility index (Phi) is 4.20. The van der Waals surface area contributed by atoms with Gasteiger partial charge in [0.25, 0.3) is 0 Å². The van der Waals surface area contributed by atoms with E-state index in [2.05, 4.69) is 10.5 Å². The summed E-state index contributed by atoms with van der Waals surface area (Å²) in [4.78, 5) is 0. The fourth-order valence-electron chi connectivity index (χ4n) is 1.66. The molecule has 0 unspecified atom stereocenters. The van der Waals surface area contributed by atoms with Gasteiger partial charge in [-0.25, -0.2) is 0 Å². The average Bonchev–Trinajstić information content (AvgIpc) is 2.87. The van der Waals surface area contributed by atoms with Crippen molar-refractivity contribution >= 4 is 5.69 Å². The van der Waals surface area contributed by atoms with Gasteiger partial charge in [-0.2, -0.15) is 0 Å². The monoisotopic (exact) mass is 247 g/mol. The molecule has 0 saturated heterocycles. The van der Waals surface area contributed by atoms with Crippen LogP contribution in [0.4, 0.5) is 5.69 Å². The first-order valence-electron chi connectivity index (χ1n) is 5.88. The third-order valence-corrected chi connectivity index (χ3v) is 2.60. The number of nitrogens with two attached hydrogens (primary N) is 1. The maximum atomic E-state index is 5.46. The van der Waals surface area contributed by atoms with Crippen molar-refractivity contribution in [3.8, 4) is 17.1 Å². The molecule has 0 fully saturated rings. The number of benzene rings is 1. The fraction of sp³-hybridized carbons (Fsp3) is 0.308. The number of aromatic nitrogens is 1. The molecule has 0 spiro atoms. The first kappa shape index (κ1) is 12.4. The fourth-order valence-corrected chi connectivity index (χ4v) is 1.66. The molecule has 0 aliphatic heterocycles. The molecule has 3 N–H and O–H groups in total. The van der Waals surface area contributed by atoms with Gasteiger partial charge in [-0.3, -0.25) is 0 Å². The van der Waals surface area contributed by atoms with E-state index < -0.39 is 0 Å². The van der Waals surface area contributed by atoms with E-state index in [0.29, 0.717) is 12.3 Å². The minimum Gasteiger partial charge on any atom is -0.497 e. The van der Waals surface area contributed by atoms with Gasteiger partial charge in [0.15, 0.2) is 5.76 Å². The van der Waals surface area contributed by atoms with E-state index in [0.717, 1.165) is 30.0 Å². The lowest BCUT2D eigenvalue weighted by molar-refractivity contribution is 0.413. The molecule has 0 saturated carbocycles. The van der Waals surface area contributed by atoms with Gasteiger partial charge in [0.2, 0.25) is 0 Å². The smallest absolute Gasteiger partial charge is 0.190 e. The van der Waals surface area contributed by atoms with Crippen LogP contribution in [0.25, 0.3) is 11.3 Å². The van der Waals surface area contributed by atoms with Crippen molar-refractivity contribution in [2.75, 3.05) is 25.5 Å². The van der Waals surface area contributed by atoms with E-state index in [1.54, 1.807) is 13.3 Å². The molecular formula is C13H17N3O2. The molecule has 5 nitrogen and oxygen atoms in total. The van der Waals surface area contributed by atoms with Crippen LogP contribution in [0.1, 0.15) is 6.42 Å². The Morgan fingerprint density at radius 3 is 3.11 bits per heavy atom. The van der Waals surface area contributed by atoms with Crippen molar-refractivity contribution < 1.29 is 9.26 Å². The Labute approximate surface area is 106 Å². The molecule has 0 aliphatic carbocycles. The highest BCUT2D eigenvalue weighted by Gasteiger charge is 2.10. The van der Waals surface area contributed by atoms with E-state index in [-0.39, 0.29) is 0 Å². The zero-order valence-electron chi connectivity index (χ0n) is 10.3. The van der Waals surface area contributed by atoms with Crippen LogP contribution in [-0.2, 0) is 0 Å². The van der Waals surface area contributed by atoms with Crippen molar-refractivity contribution in [2.24, 2.45) is 5.73 Å². The molecule has 0 atom stereocenters. The summed E-state index contributed by atoms with van der Waals surface area (Å²) < 4.78 is 10.5. The second kappa shape index (κ2) is 6.07. The summed E-state index contributed by atoms with van der Waals surface area (Å²) in [7, 11) is 1.64. The van der Waals surface area contributed by atoms with Crippen molar-refractivity contribution in [1.82, 2.24) is 5.16 Å². The summed E-state index contributed by atoms with van der Waals surface area (Å²) in [6.07, 6.45) is 2.58. The van der Waals surface area contributed by atoms with Gasteiger partial charge in [-0.1, -0.05) is 17.3 Å². The second-order valence-electron chi connectivity index (χ2n) is 3.87. The molecule has 1 aromatic carbocycles. The van der Waals surface area contributed by atoms with Gasteiger partial charge in [-0.15, -0.1) is 0 Å². The highest BCUT2D eigenvalue weighted by molar-refractivity contribution is 5.72. The van der Waals surface area contributed by atoms with E-state index in [1.807, 2.05) is 24.3 Å². The Balaban J connectivity index is 2.19. The van der Waals surface area contributed by atoms with E-state index in [4.69, 9.17) is 15.0 Å². The van der Waals surface area contributed by atoms with Crippen LogP contribution in [0.15, 0.2) is 35.0 Å². The van der Waals surface area contributed by atoms with Crippen LogP contribution >= 0.6 is 0 Å². The van der Waals surface area contributed by atoms with Gasteiger partial charge < -0.3 is 20.3 Å². The molecule has 0 bridgehead atoms. The molecule has 0 radical (unpaired) electrons. The van der Waals surface area contributed by atoms with Gasteiger partial charge in [0, 0.05) is 12.1 Å². The standard InChI is InChI=1S/C13H17N3O2/c1-17-11-5-2-4-10(8-11)13-12(9-16-18-13)15-7-3-6-14/h2,4-5,8-9,15H,3,6-7,14H2,1H3. The van der Waals surface area contributed by atoms with Crippen molar-refractivity contribution in [3.63, 3.8) is 0 Å². The van der Waals surface area contributed by atoms with Gasteiger partial charge in [0.05, 0.1) is 13.3 Å². The summed E-state index contributed by atoms with van der Waals surface area (Å²) in [6, 6.07) is 7.67. The molecule has 0 amide bonds. The number of nitrogens with one attached hydrogen (secondary N) is 1. The third-order valence-electron chi connectivity index (χ3n) is 2.60. The zero-order valence-corrected chi connectivity index (χ0v) is 10.3. The van der Waals surface area contributed by atoms with E-state index in [9.17, 15) is 0 Å². The molecule has 5 heteroatoms. The van der Waals surface area contributed by atoms with Gasteiger partial charge in [-0.05, 0) is 25.1 Å². The summed E-state index contributed by atoms with van der Waals surface area (Å²) in [5.74, 6) is 1.50. The molecule has 18 heavy (non-hydrogen) atoms. The average molecular weight is 247 g/mol. The Morgan fingerprint density at radius 1 is 1.44 bits per heavy atom. The third kappa shape index (κ3) is 2.81. The Morgan fingerprint density at radius 2 is 2.33 bits per heavy atom. The number of hydrogen-bond donors (Lipinski definition) is 2. The lowest BCUT2D eigenvalue weighted by atomic mass is 10.1. The minimum absolute atomic E-state index is 0.659. The minimum atomic E-state index is 0.659. The number of anilines is 1. The Hall–Kier alpha value is -2.01. The van der Waals surface area contributed by atoms with Crippen LogP contribution in [0, 0.1) is 0 Å².